The lowest BCUT2D eigenvalue weighted by Gasteiger charge is -2.24. The van der Waals surface area contributed by atoms with E-state index in [9.17, 15) is 0 Å². The van der Waals surface area contributed by atoms with Gasteiger partial charge < -0.3 is 9.88 Å². The summed E-state index contributed by atoms with van der Waals surface area (Å²) in [6.07, 6.45) is 6.20. The zero-order chi connectivity index (χ0) is 11.3. The van der Waals surface area contributed by atoms with Gasteiger partial charge in [-0.2, -0.15) is 0 Å². The molecular formula is C12H23N3. The van der Waals surface area contributed by atoms with Crippen LogP contribution in [0.25, 0.3) is 0 Å². The fourth-order valence-corrected chi connectivity index (χ4v) is 1.83. The third-order valence-electron chi connectivity index (χ3n) is 2.78. The summed E-state index contributed by atoms with van der Waals surface area (Å²) in [5.74, 6) is 1.17. The van der Waals surface area contributed by atoms with Gasteiger partial charge in [0.25, 0.3) is 0 Å². The highest BCUT2D eigenvalue weighted by Crippen LogP contribution is 2.24. The van der Waals surface area contributed by atoms with Gasteiger partial charge in [0.2, 0.25) is 0 Å². The minimum Gasteiger partial charge on any atom is -0.338 e. The number of hydrogen-bond acceptors (Lipinski definition) is 2. The molecule has 0 radical (unpaired) electrons. The molecular weight excluding hydrogens is 186 g/mol. The summed E-state index contributed by atoms with van der Waals surface area (Å²) in [5, 5.41) is 3.44. The normalized spacial score (nSPS) is 12.0. The van der Waals surface area contributed by atoms with Crippen LogP contribution in [0.1, 0.15) is 39.4 Å². The molecule has 0 saturated heterocycles. The highest BCUT2D eigenvalue weighted by atomic mass is 15.0. The fourth-order valence-electron chi connectivity index (χ4n) is 1.83. The molecule has 0 aliphatic rings. The van der Waals surface area contributed by atoms with Crippen molar-refractivity contribution in [2.75, 3.05) is 13.1 Å². The van der Waals surface area contributed by atoms with Crippen LogP contribution < -0.4 is 5.32 Å². The number of aryl methyl sites for hydroxylation is 1. The second kappa shape index (κ2) is 5.31. The van der Waals surface area contributed by atoms with Crippen molar-refractivity contribution < 1.29 is 0 Å². The van der Waals surface area contributed by atoms with E-state index >= 15 is 0 Å². The van der Waals surface area contributed by atoms with E-state index in [-0.39, 0.29) is 5.41 Å². The van der Waals surface area contributed by atoms with Crippen LogP contribution in [0.2, 0.25) is 0 Å². The van der Waals surface area contributed by atoms with Crippen molar-refractivity contribution in [1.82, 2.24) is 14.9 Å². The topological polar surface area (TPSA) is 29.9 Å². The van der Waals surface area contributed by atoms with Gasteiger partial charge in [-0.05, 0) is 25.9 Å². The first-order valence-corrected chi connectivity index (χ1v) is 5.76. The standard InChI is InChI=1S/C12H23N3/c1-5-7-13-8-6-12(2,3)11-14-9-10-15(11)4/h9-10,13H,5-8H2,1-4H3. The van der Waals surface area contributed by atoms with Gasteiger partial charge in [0.15, 0.2) is 0 Å². The molecule has 3 heteroatoms. The quantitative estimate of drug-likeness (QED) is 0.727. The number of nitrogens with one attached hydrogen (secondary N) is 1. The number of hydrogen-bond donors (Lipinski definition) is 1. The highest BCUT2D eigenvalue weighted by molar-refractivity contribution is 5.06. The average Bonchev–Trinajstić information content (AvgIpc) is 2.60. The smallest absolute Gasteiger partial charge is 0.114 e. The van der Waals surface area contributed by atoms with Gasteiger partial charge in [-0.25, -0.2) is 4.98 Å². The van der Waals surface area contributed by atoms with E-state index < -0.39 is 0 Å². The van der Waals surface area contributed by atoms with Crippen LogP contribution in [-0.4, -0.2) is 22.6 Å². The van der Waals surface area contributed by atoms with Crippen LogP contribution in [0.4, 0.5) is 0 Å². The summed E-state index contributed by atoms with van der Waals surface area (Å²) in [4.78, 5) is 4.42. The summed E-state index contributed by atoms with van der Waals surface area (Å²) in [5.41, 5.74) is 0.152. The maximum absolute atomic E-state index is 4.42. The molecule has 1 aromatic rings. The van der Waals surface area contributed by atoms with E-state index in [2.05, 4.69) is 42.7 Å². The second-order valence-electron chi connectivity index (χ2n) is 4.75. The molecule has 3 nitrogen and oxygen atoms in total. The summed E-state index contributed by atoms with van der Waals surface area (Å²) in [6, 6.07) is 0. The van der Waals surface area contributed by atoms with Gasteiger partial charge in [0.05, 0.1) is 0 Å². The number of rotatable bonds is 6. The van der Waals surface area contributed by atoms with E-state index in [0.29, 0.717) is 0 Å². The number of aromatic nitrogens is 2. The summed E-state index contributed by atoms with van der Waals surface area (Å²) in [7, 11) is 2.06. The molecule has 15 heavy (non-hydrogen) atoms. The van der Waals surface area contributed by atoms with Crippen molar-refractivity contribution in [3.63, 3.8) is 0 Å². The van der Waals surface area contributed by atoms with Gasteiger partial charge in [-0.3, -0.25) is 0 Å². The zero-order valence-electron chi connectivity index (χ0n) is 10.4. The Bertz CT molecular complexity index is 289. The van der Waals surface area contributed by atoms with Gasteiger partial charge in [-0.1, -0.05) is 20.8 Å². The summed E-state index contributed by atoms with van der Waals surface area (Å²) >= 11 is 0. The van der Waals surface area contributed by atoms with Crippen LogP contribution in [0.15, 0.2) is 12.4 Å². The Morgan fingerprint density at radius 2 is 2.13 bits per heavy atom. The first-order chi connectivity index (χ1) is 7.08. The lowest BCUT2D eigenvalue weighted by molar-refractivity contribution is 0.421. The molecule has 0 amide bonds. The number of nitrogens with zero attached hydrogens (tertiary/aromatic N) is 2. The Morgan fingerprint density at radius 1 is 1.40 bits per heavy atom. The molecule has 0 spiro atoms. The van der Waals surface area contributed by atoms with E-state index in [1.165, 1.54) is 12.2 Å². The van der Waals surface area contributed by atoms with Crippen LogP contribution >= 0.6 is 0 Å². The van der Waals surface area contributed by atoms with Gasteiger partial charge in [-0.15, -0.1) is 0 Å². The molecule has 0 unspecified atom stereocenters. The fraction of sp³-hybridized carbons (Fsp3) is 0.750. The third kappa shape index (κ3) is 3.34. The molecule has 0 aliphatic carbocycles. The van der Waals surface area contributed by atoms with E-state index in [0.717, 1.165) is 19.5 Å². The van der Waals surface area contributed by atoms with Crippen molar-refractivity contribution in [2.45, 2.75) is 39.0 Å². The predicted molar refractivity (Wildman–Crippen MR) is 64.0 cm³/mol. The molecule has 0 bridgehead atoms. The second-order valence-corrected chi connectivity index (χ2v) is 4.75. The molecule has 1 rings (SSSR count). The molecule has 0 aromatic carbocycles. The lowest BCUT2D eigenvalue weighted by atomic mass is 9.88. The molecule has 0 fully saturated rings. The Balaban J connectivity index is 2.48. The first-order valence-electron chi connectivity index (χ1n) is 5.76. The minimum atomic E-state index is 0.152. The van der Waals surface area contributed by atoms with E-state index in [4.69, 9.17) is 0 Å². The van der Waals surface area contributed by atoms with Crippen LogP contribution in [-0.2, 0) is 12.5 Å². The van der Waals surface area contributed by atoms with Gasteiger partial charge >= 0.3 is 0 Å². The minimum absolute atomic E-state index is 0.152. The largest absolute Gasteiger partial charge is 0.338 e. The van der Waals surface area contributed by atoms with E-state index in [1.54, 1.807) is 0 Å². The zero-order valence-corrected chi connectivity index (χ0v) is 10.4. The molecule has 0 aliphatic heterocycles. The Kier molecular flexibility index (Phi) is 4.33. The van der Waals surface area contributed by atoms with Crippen LogP contribution in [0.3, 0.4) is 0 Å². The van der Waals surface area contributed by atoms with Crippen molar-refractivity contribution >= 4 is 0 Å². The van der Waals surface area contributed by atoms with Crippen molar-refractivity contribution in [3.05, 3.63) is 18.2 Å². The first kappa shape index (κ1) is 12.2. The lowest BCUT2D eigenvalue weighted by Crippen LogP contribution is -2.28. The SMILES string of the molecule is CCCNCCC(C)(C)c1nccn1C. The maximum Gasteiger partial charge on any atom is 0.114 e. The van der Waals surface area contributed by atoms with Crippen molar-refractivity contribution in [3.8, 4) is 0 Å². The molecule has 0 atom stereocenters. The maximum atomic E-state index is 4.42. The van der Waals surface area contributed by atoms with Crippen LogP contribution in [0, 0.1) is 0 Å². The van der Waals surface area contributed by atoms with Crippen molar-refractivity contribution in [1.29, 1.82) is 0 Å². The molecule has 1 aromatic heterocycles. The van der Waals surface area contributed by atoms with Crippen molar-refractivity contribution in [2.24, 2.45) is 7.05 Å². The molecule has 86 valence electrons. The Morgan fingerprint density at radius 3 is 2.67 bits per heavy atom. The third-order valence-corrected chi connectivity index (χ3v) is 2.78. The monoisotopic (exact) mass is 209 g/mol. The van der Waals surface area contributed by atoms with E-state index in [1.807, 2.05) is 12.4 Å². The van der Waals surface area contributed by atoms with Crippen LogP contribution in [0.5, 0.6) is 0 Å². The van der Waals surface area contributed by atoms with Gasteiger partial charge in [0, 0.05) is 24.9 Å². The summed E-state index contributed by atoms with van der Waals surface area (Å²) in [6.45, 7) is 8.87. The highest BCUT2D eigenvalue weighted by Gasteiger charge is 2.23. The molecule has 0 saturated carbocycles. The molecule has 1 heterocycles. The van der Waals surface area contributed by atoms with Gasteiger partial charge in [0.1, 0.15) is 5.82 Å². The molecule has 1 N–H and O–H groups in total. The average molecular weight is 209 g/mol. The Hall–Kier alpha value is -0.830. The predicted octanol–water partition coefficient (Wildman–Crippen LogP) is 2.09. The number of imidazole rings is 1. The summed E-state index contributed by atoms with van der Waals surface area (Å²) < 4.78 is 2.11. The Labute approximate surface area is 92.9 Å².